The summed E-state index contributed by atoms with van der Waals surface area (Å²) in [4.78, 5) is 12.0. The number of benzene rings is 1. The van der Waals surface area contributed by atoms with E-state index in [4.69, 9.17) is 14.2 Å². The lowest BCUT2D eigenvalue weighted by Crippen LogP contribution is -2.03. The Labute approximate surface area is 107 Å². The number of rotatable bonds is 5. The molecule has 0 fully saturated rings. The molecular formula is C14H16O4. The van der Waals surface area contributed by atoms with Gasteiger partial charge in [-0.3, -0.25) is 4.79 Å². The first kappa shape index (κ1) is 13.9. The van der Waals surface area contributed by atoms with E-state index in [1.807, 2.05) is 0 Å². The maximum absolute atomic E-state index is 12.0. The molecular weight excluding hydrogens is 232 g/mol. The molecule has 0 N–H and O–H groups in total. The van der Waals surface area contributed by atoms with Gasteiger partial charge in [-0.1, -0.05) is 5.92 Å². The number of carbonyl (C=O) groups is 1. The SMILES string of the molecule is CC#CCC(=O)c1cc(OC)c(OC)cc1OC. The van der Waals surface area contributed by atoms with Crippen LogP contribution in [0.15, 0.2) is 12.1 Å². The minimum Gasteiger partial charge on any atom is -0.496 e. The number of Topliss-reactive ketones (excluding diaryl/α,β-unsaturated/α-hetero) is 1. The Morgan fingerprint density at radius 1 is 1.06 bits per heavy atom. The molecule has 0 aromatic heterocycles. The highest BCUT2D eigenvalue weighted by Gasteiger charge is 2.16. The highest BCUT2D eigenvalue weighted by atomic mass is 16.5. The van der Waals surface area contributed by atoms with Crippen molar-refractivity contribution in [3.8, 4) is 29.1 Å². The van der Waals surface area contributed by atoms with Crippen LogP contribution in [-0.4, -0.2) is 27.1 Å². The molecule has 1 aromatic carbocycles. The first-order chi connectivity index (χ1) is 8.67. The minimum atomic E-state index is -0.109. The molecule has 18 heavy (non-hydrogen) atoms. The summed E-state index contributed by atoms with van der Waals surface area (Å²) in [7, 11) is 4.55. The van der Waals surface area contributed by atoms with Crippen LogP contribution in [0.4, 0.5) is 0 Å². The monoisotopic (exact) mass is 248 g/mol. The average Bonchev–Trinajstić information content (AvgIpc) is 2.42. The van der Waals surface area contributed by atoms with Crippen LogP contribution < -0.4 is 14.2 Å². The number of ether oxygens (including phenoxy) is 3. The molecule has 0 spiro atoms. The lowest BCUT2D eigenvalue weighted by molar-refractivity contribution is 0.0995. The van der Waals surface area contributed by atoms with Crippen molar-refractivity contribution in [2.75, 3.05) is 21.3 Å². The van der Waals surface area contributed by atoms with E-state index in [2.05, 4.69) is 11.8 Å². The first-order valence-corrected chi connectivity index (χ1v) is 5.40. The third-order valence-electron chi connectivity index (χ3n) is 2.43. The number of hydrogen-bond acceptors (Lipinski definition) is 4. The Bertz CT molecular complexity index is 494. The van der Waals surface area contributed by atoms with Gasteiger partial charge >= 0.3 is 0 Å². The van der Waals surface area contributed by atoms with Gasteiger partial charge < -0.3 is 14.2 Å². The summed E-state index contributed by atoms with van der Waals surface area (Å²) in [6.45, 7) is 1.69. The standard InChI is InChI=1S/C14H16O4/c1-5-6-7-11(15)10-8-13(17-3)14(18-4)9-12(10)16-2/h8-9H,7H2,1-4H3. The summed E-state index contributed by atoms with van der Waals surface area (Å²) in [5.74, 6) is 6.78. The van der Waals surface area contributed by atoms with Gasteiger partial charge in [-0.15, -0.1) is 5.92 Å². The van der Waals surface area contributed by atoms with Crippen molar-refractivity contribution >= 4 is 5.78 Å². The Kier molecular flexibility index (Phi) is 5.06. The molecule has 0 unspecified atom stereocenters. The van der Waals surface area contributed by atoms with Crippen molar-refractivity contribution in [3.05, 3.63) is 17.7 Å². The van der Waals surface area contributed by atoms with Gasteiger partial charge in [0.25, 0.3) is 0 Å². The zero-order chi connectivity index (χ0) is 13.5. The van der Waals surface area contributed by atoms with Crippen molar-refractivity contribution in [1.82, 2.24) is 0 Å². The van der Waals surface area contributed by atoms with E-state index in [0.717, 1.165) is 0 Å². The van der Waals surface area contributed by atoms with Crippen molar-refractivity contribution in [2.24, 2.45) is 0 Å². The van der Waals surface area contributed by atoms with E-state index in [-0.39, 0.29) is 12.2 Å². The van der Waals surface area contributed by atoms with Gasteiger partial charge in [-0.05, 0) is 13.0 Å². The van der Waals surface area contributed by atoms with E-state index in [1.54, 1.807) is 19.1 Å². The van der Waals surface area contributed by atoms with Crippen molar-refractivity contribution in [3.63, 3.8) is 0 Å². The van der Waals surface area contributed by atoms with Crippen LogP contribution in [0.25, 0.3) is 0 Å². The molecule has 4 nitrogen and oxygen atoms in total. The molecule has 0 radical (unpaired) electrons. The molecule has 1 rings (SSSR count). The lowest BCUT2D eigenvalue weighted by atomic mass is 10.1. The maximum Gasteiger partial charge on any atom is 0.178 e. The summed E-state index contributed by atoms with van der Waals surface area (Å²) in [5, 5.41) is 0. The molecule has 0 bridgehead atoms. The van der Waals surface area contributed by atoms with E-state index >= 15 is 0 Å². The van der Waals surface area contributed by atoms with Crippen LogP contribution in [0, 0.1) is 11.8 Å². The Morgan fingerprint density at radius 2 is 1.61 bits per heavy atom. The van der Waals surface area contributed by atoms with Crippen LogP contribution >= 0.6 is 0 Å². The Morgan fingerprint density at radius 3 is 2.11 bits per heavy atom. The Balaban J connectivity index is 3.23. The number of methoxy groups -OCH3 is 3. The molecule has 96 valence electrons. The molecule has 0 heterocycles. The maximum atomic E-state index is 12.0. The van der Waals surface area contributed by atoms with Crippen LogP contribution in [0.1, 0.15) is 23.7 Å². The molecule has 0 aliphatic carbocycles. The summed E-state index contributed by atoms with van der Waals surface area (Å²) in [6.07, 6.45) is 0.155. The average molecular weight is 248 g/mol. The lowest BCUT2D eigenvalue weighted by Gasteiger charge is -2.12. The molecule has 0 amide bonds. The van der Waals surface area contributed by atoms with Gasteiger partial charge in [-0.25, -0.2) is 0 Å². The zero-order valence-electron chi connectivity index (χ0n) is 11.0. The minimum absolute atomic E-state index is 0.109. The number of ketones is 1. The second-order valence-corrected chi connectivity index (χ2v) is 3.43. The van der Waals surface area contributed by atoms with E-state index in [1.165, 1.54) is 21.3 Å². The first-order valence-electron chi connectivity index (χ1n) is 5.40. The molecule has 0 aliphatic heterocycles. The van der Waals surface area contributed by atoms with Gasteiger partial charge in [0, 0.05) is 6.07 Å². The highest BCUT2D eigenvalue weighted by Crippen LogP contribution is 2.35. The van der Waals surface area contributed by atoms with Crippen LogP contribution in [0.3, 0.4) is 0 Å². The fraction of sp³-hybridized carbons (Fsp3) is 0.357. The molecule has 0 saturated heterocycles. The smallest absolute Gasteiger partial charge is 0.178 e. The third kappa shape index (κ3) is 2.95. The van der Waals surface area contributed by atoms with Crippen molar-refractivity contribution in [2.45, 2.75) is 13.3 Å². The zero-order valence-corrected chi connectivity index (χ0v) is 11.0. The third-order valence-corrected chi connectivity index (χ3v) is 2.43. The number of carbonyl (C=O) groups excluding carboxylic acids is 1. The molecule has 1 aromatic rings. The quantitative estimate of drug-likeness (QED) is 0.592. The summed E-state index contributed by atoms with van der Waals surface area (Å²) in [5.41, 5.74) is 0.443. The van der Waals surface area contributed by atoms with E-state index < -0.39 is 0 Å². The van der Waals surface area contributed by atoms with Crippen LogP contribution in [-0.2, 0) is 0 Å². The predicted molar refractivity (Wildman–Crippen MR) is 68.5 cm³/mol. The van der Waals surface area contributed by atoms with Gasteiger partial charge in [0.05, 0.1) is 33.3 Å². The van der Waals surface area contributed by atoms with Crippen LogP contribution in [0.5, 0.6) is 17.2 Å². The van der Waals surface area contributed by atoms with Gasteiger partial charge in [0.1, 0.15) is 5.75 Å². The molecule has 4 heteroatoms. The molecule has 0 saturated carbocycles. The normalized spacial score (nSPS) is 9.11. The second kappa shape index (κ2) is 6.55. The topological polar surface area (TPSA) is 44.8 Å². The Hall–Kier alpha value is -2.15. The number of hydrogen-bond donors (Lipinski definition) is 0. The van der Waals surface area contributed by atoms with E-state index in [9.17, 15) is 4.79 Å². The summed E-state index contributed by atoms with van der Waals surface area (Å²) >= 11 is 0. The van der Waals surface area contributed by atoms with Crippen LogP contribution in [0.2, 0.25) is 0 Å². The second-order valence-electron chi connectivity index (χ2n) is 3.43. The van der Waals surface area contributed by atoms with Gasteiger partial charge in [0.15, 0.2) is 17.3 Å². The summed E-state index contributed by atoms with van der Waals surface area (Å²) < 4.78 is 15.5. The van der Waals surface area contributed by atoms with Gasteiger partial charge in [-0.2, -0.15) is 0 Å². The largest absolute Gasteiger partial charge is 0.496 e. The molecule has 0 aliphatic rings. The fourth-order valence-corrected chi connectivity index (χ4v) is 1.51. The van der Waals surface area contributed by atoms with Crippen molar-refractivity contribution < 1.29 is 19.0 Å². The van der Waals surface area contributed by atoms with Gasteiger partial charge in [0.2, 0.25) is 0 Å². The summed E-state index contributed by atoms with van der Waals surface area (Å²) in [6, 6.07) is 3.24. The van der Waals surface area contributed by atoms with Crippen molar-refractivity contribution in [1.29, 1.82) is 0 Å². The molecule has 0 atom stereocenters. The predicted octanol–water partition coefficient (Wildman–Crippen LogP) is 2.31. The highest BCUT2D eigenvalue weighted by molar-refractivity contribution is 6.00. The van der Waals surface area contributed by atoms with E-state index in [0.29, 0.717) is 22.8 Å². The fourth-order valence-electron chi connectivity index (χ4n) is 1.51.